The first-order valence-corrected chi connectivity index (χ1v) is 2.61. The molecular weight excluding hydrogens is 173 g/mol. The van der Waals surface area contributed by atoms with E-state index in [4.69, 9.17) is 0 Å². The summed E-state index contributed by atoms with van der Waals surface area (Å²) < 4.78 is 0. The van der Waals surface area contributed by atoms with Gasteiger partial charge in [0.2, 0.25) is 5.91 Å². The lowest BCUT2D eigenvalue weighted by Gasteiger charge is -2.14. The first kappa shape index (κ1) is 12.5. The second-order valence-electron chi connectivity index (χ2n) is 2.54. The van der Waals surface area contributed by atoms with Gasteiger partial charge in [-0.2, -0.15) is 0 Å². The highest BCUT2D eigenvalue weighted by Gasteiger charge is 2.20. The molecule has 0 fully saturated rings. The quantitative estimate of drug-likeness (QED) is 0.603. The van der Waals surface area contributed by atoms with Crippen LogP contribution in [-0.2, 0) is 4.79 Å². The van der Waals surface area contributed by atoms with Gasteiger partial charge in [-0.05, 0) is 13.8 Å². The summed E-state index contributed by atoms with van der Waals surface area (Å²) in [7, 11) is 0. The number of carbonyl (C=O) groups excluding carboxylic acids is 1. The van der Waals surface area contributed by atoms with Crippen molar-refractivity contribution in [2.75, 3.05) is 0 Å². The lowest BCUT2D eigenvalue weighted by Crippen LogP contribution is -2.35. The average Bonchev–Trinajstić information content (AvgIpc) is 1.82. The van der Waals surface area contributed by atoms with Gasteiger partial charge in [-0.15, -0.1) is 24.8 Å². The summed E-state index contributed by atoms with van der Waals surface area (Å²) in [6.07, 6.45) is 3.41. The van der Waals surface area contributed by atoms with Gasteiger partial charge in [0.05, 0.1) is 5.54 Å². The van der Waals surface area contributed by atoms with Gasteiger partial charge in [0.1, 0.15) is 0 Å². The molecule has 1 amide bonds. The van der Waals surface area contributed by atoms with Gasteiger partial charge in [0, 0.05) is 6.08 Å². The SMILES string of the molecule is CC1(C)C=CC(=O)N1.Cl.Cl. The summed E-state index contributed by atoms with van der Waals surface area (Å²) in [5.41, 5.74) is -0.114. The van der Waals surface area contributed by atoms with Crippen LogP contribution in [0.15, 0.2) is 12.2 Å². The Labute approximate surface area is 72.9 Å². The van der Waals surface area contributed by atoms with Crippen LogP contribution in [0.3, 0.4) is 0 Å². The summed E-state index contributed by atoms with van der Waals surface area (Å²) in [6, 6.07) is 0. The lowest BCUT2D eigenvalue weighted by atomic mass is 10.1. The second-order valence-corrected chi connectivity index (χ2v) is 2.54. The fourth-order valence-electron chi connectivity index (χ4n) is 0.685. The van der Waals surface area contributed by atoms with Gasteiger partial charge >= 0.3 is 0 Å². The van der Waals surface area contributed by atoms with E-state index in [1.807, 2.05) is 19.9 Å². The number of halogens is 2. The third-order valence-electron chi connectivity index (χ3n) is 1.10. The van der Waals surface area contributed by atoms with E-state index in [2.05, 4.69) is 5.32 Å². The monoisotopic (exact) mass is 183 g/mol. The molecule has 1 N–H and O–H groups in total. The van der Waals surface area contributed by atoms with Crippen molar-refractivity contribution in [3.63, 3.8) is 0 Å². The molecule has 0 aliphatic carbocycles. The molecule has 0 aromatic heterocycles. The van der Waals surface area contributed by atoms with Crippen LogP contribution in [0.4, 0.5) is 0 Å². The predicted molar refractivity (Wildman–Crippen MR) is 45.9 cm³/mol. The van der Waals surface area contributed by atoms with Gasteiger partial charge in [0.25, 0.3) is 0 Å². The molecule has 4 heteroatoms. The zero-order valence-electron chi connectivity index (χ0n) is 5.88. The predicted octanol–water partition coefficient (Wildman–Crippen LogP) is 1.29. The van der Waals surface area contributed by atoms with Crippen LogP contribution in [0, 0.1) is 0 Å². The average molecular weight is 184 g/mol. The normalized spacial score (nSPS) is 18.8. The highest BCUT2D eigenvalue weighted by atomic mass is 35.5. The number of nitrogens with one attached hydrogen (secondary N) is 1. The van der Waals surface area contributed by atoms with E-state index in [9.17, 15) is 4.79 Å². The minimum absolute atomic E-state index is 0. The van der Waals surface area contributed by atoms with Crippen molar-refractivity contribution in [2.45, 2.75) is 19.4 Å². The van der Waals surface area contributed by atoms with Crippen LogP contribution in [0.5, 0.6) is 0 Å². The van der Waals surface area contributed by atoms with Crippen molar-refractivity contribution >= 4 is 30.7 Å². The number of hydrogen-bond donors (Lipinski definition) is 1. The highest BCUT2D eigenvalue weighted by Crippen LogP contribution is 2.08. The van der Waals surface area contributed by atoms with E-state index < -0.39 is 0 Å². The maximum absolute atomic E-state index is 10.5. The summed E-state index contributed by atoms with van der Waals surface area (Å²) in [4.78, 5) is 10.5. The smallest absolute Gasteiger partial charge is 0.244 e. The summed E-state index contributed by atoms with van der Waals surface area (Å²) in [6.45, 7) is 3.91. The number of carbonyl (C=O) groups is 1. The van der Waals surface area contributed by atoms with Crippen LogP contribution in [0.2, 0.25) is 0 Å². The van der Waals surface area contributed by atoms with Crippen molar-refractivity contribution in [1.82, 2.24) is 5.32 Å². The Kier molecular flexibility index (Phi) is 4.78. The van der Waals surface area contributed by atoms with Crippen molar-refractivity contribution < 1.29 is 4.79 Å². The van der Waals surface area contributed by atoms with E-state index in [1.165, 1.54) is 0 Å². The van der Waals surface area contributed by atoms with Crippen LogP contribution in [0.1, 0.15) is 13.8 Å². The summed E-state index contributed by atoms with van der Waals surface area (Å²) >= 11 is 0. The molecule has 0 spiro atoms. The molecule has 0 saturated heterocycles. The molecule has 0 atom stereocenters. The molecular formula is C6H11Cl2NO. The number of rotatable bonds is 0. The van der Waals surface area contributed by atoms with E-state index in [0.717, 1.165) is 0 Å². The molecule has 0 radical (unpaired) electrons. The van der Waals surface area contributed by atoms with Crippen LogP contribution in [-0.4, -0.2) is 11.4 Å². The topological polar surface area (TPSA) is 29.1 Å². The zero-order valence-corrected chi connectivity index (χ0v) is 7.51. The number of amides is 1. The van der Waals surface area contributed by atoms with Gasteiger partial charge in [-0.25, -0.2) is 0 Å². The molecule has 1 aliphatic heterocycles. The second kappa shape index (κ2) is 3.84. The standard InChI is InChI=1S/C6H9NO.2ClH/c1-6(2)4-3-5(8)7-6;;/h3-4H,1-2H3,(H,7,8);2*1H. The molecule has 1 heterocycles. The lowest BCUT2D eigenvalue weighted by molar-refractivity contribution is -0.116. The summed E-state index contributed by atoms with van der Waals surface area (Å²) in [5.74, 6) is 0.00926. The Morgan fingerprint density at radius 2 is 1.90 bits per heavy atom. The fourth-order valence-corrected chi connectivity index (χ4v) is 0.685. The Balaban J connectivity index is 0. The van der Waals surface area contributed by atoms with Crippen LogP contribution in [0.25, 0.3) is 0 Å². The van der Waals surface area contributed by atoms with E-state index in [-0.39, 0.29) is 36.3 Å². The maximum atomic E-state index is 10.5. The van der Waals surface area contributed by atoms with Crippen LogP contribution >= 0.6 is 24.8 Å². The summed E-state index contributed by atoms with van der Waals surface area (Å²) in [5, 5.41) is 2.74. The molecule has 1 rings (SSSR count). The molecule has 0 aromatic carbocycles. The molecule has 0 unspecified atom stereocenters. The van der Waals surface area contributed by atoms with E-state index >= 15 is 0 Å². The third kappa shape index (κ3) is 3.08. The molecule has 1 aliphatic rings. The molecule has 10 heavy (non-hydrogen) atoms. The van der Waals surface area contributed by atoms with Gasteiger partial charge in [-0.3, -0.25) is 4.79 Å². The molecule has 60 valence electrons. The van der Waals surface area contributed by atoms with E-state index in [0.29, 0.717) is 0 Å². The van der Waals surface area contributed by atoms with Gasteiger partial charge < -0.3 is 5.32 Å². The maximum Gasteiger partial charge on any atom is 0.244 e. The van der Waals surface area contributed by atoms with Crippen LogP contribution < -0.4 is 5.32 Å². The molecule has 2 nitrogen and oxygen atoms in total. The first-order valence-electron chi connectivity index (χ1n) is 2.61. The third-order valence-corrected chi connectivity index (χ3v) is 1.10. The molecule has 0 saturated carbocycles. The van der Waals surface area contributed by atoms with Crippen molar-refractivity contribution in [1.29, 1.82) is 0 Å². The minimum atomic E-state index is -0.114. The Morgan fingerprint density at radius 3 is 2.00 bits per heavy atom. The first-order chi connectivity index (χ1) is 3.60. The zero-order chi connectivity index (χ0) is 6.20. The van der Waals surface area contributed by atoms with Crippen molar-refractivity contribution in [2.24, 2.45) is 0 Å². The largest absolute Gasteiger partial charge is 0.344 e. The molecule has 0 aromatic rings. The Hall–Kier alpha value is -0.210. The Bertz CT molecular complexity index is 154. The minimum Gasteiger partial charge on any atom is -0.344 e. The van der Waals surface area contributed by atoms with E-state index in [1.54, 1.807) is 6.08 Å². The van der Waals surface area contributed by atoms with Gasteiger partial charge in [-0.1, -0.05) is 6.08 Å². The van der Waals surface area contributed by atoms with Crippen molar-refractivity contribution in [3.8, 4) is 0 Å². The number of hydrogen-bond acceptors (Lipinski definition) is 1. The Morgan fingerprint density at radius 1 is 1.40 bits per heavy atom. The highest BCUT2D eigenvalue weighted by molar-refractivity contribution is 5.91. The van der Waals surface area contributed by atoms with Crippen molar-refractivity contribution in [3.05, 3.63) is 12.2 Å². The molecule has 0 bridgehead atoms. The fraction of sp³-hybridized carbons (Fsp3) is 0.500. The van der Waals surface area contributed by atoms with Gasteiger partial charge in [0.15, 0.2) is 0 Å².